The fourth-order valence-electron chi connectivity index (χ4n) is 2.41. The van der Waals surface area contributed by atoms with E-state index in [0.29, 0.717) is 13.0 Å². The number of nitriles is 1. The number of carbonyl (C=O) groups is 1. The van der Waals surface area contributed by atoms with Crippen LogP contribution in [0.2, 0.25) is 0 Å². The minimum atomic E-state index is -0.586. The molecule has 106 valence electrons. The number of hydrogen-bond donors (Lipinski definition) is 0. The highest BCUT2D eigenvalue weighted by molar-refractivity contribution is 5.81. The van der Waals surface area contributed by atoms with Gasteiger partial charge in [0, 0.05) is 19.5 Å². The van der Waals surface area contributed by atoms with Gasteiger partial charge in [0.2, 0.25) is 5.91 Å². The van der Waals surface area contributed by atoms with Crippen LogP contribution in [-0.4, -0.2) is 30.5 Å². The van der Waals surface area contributed by atoms with Crippen LogP contribution in [-0.2, 0) is 4.79 Å². The maximum absolute atomic E-state index is 12.1. The van der Waals surface area contributed by atoms with Crippen LogP contribution in [0.3, 0.4) is 0 Å². The van der Waals surface area contributed by atoms with Gasteiger partial charge in [0.1, 0.15) is 11.7 Å². The Kier molecular flexibility index (Phi) is 5.00. The van der Waals surface area contributed by atoms with Crippen LogP contribution in [0.15, 0.2) is 24.3 Å². The number of para-hydroxylation sites is 1. The number of amides is 1. The molecule has 0 radical (unpaired) electrons. The van der Waals surface area contributed by atoms with Crippen LogP contribution in [0.25, 0.3) is 0 Å². The molecule has 1 aliphatic rings. The van der Waals surface area contributed by atoms with Gasteiger partial charge in [0.25, 0.3) is 0 Å². The molecule has 20 heavy (non-hydrogen) atoms. The van der Waals surface area contributed by atoms with Gasteiger partial charge >= 0.3 is 0 Å². The van der Waals surface area contributed by atoms with E-state index in [1.807, 2.05) is 31.2 Å². The Balaban J connectivity index is 1.84. The SMILES string of the molecule is Cc1ccccc1OCCC(C#N)C(=O)N1CCCC1. The Morgan fingerprint density at radius 1 is 1.40 bits per heavy atom. The molecule has 1 amide bonds. The van der Waals surface area contributed by atoms with Gasteiger partial charge in [-0.15, -0.1) is 0 Å². The van der Waals surface area contributed by atoms with Gasteiger partial charge in [-0.3, -0.25) is 4.79 Å². The molecule has 0 N–H and O–H groups in total. The molecule has 4 heteroatoms. The maximum Gasteiger partial charge on any atom is 0.240 e. The van der Waals surface area contributed by atoms with Gasteiger partial charge in [0.15, 0.2) is 0 Å². The molecule has 1 heterocycles. The number of nitrogens with zero attached hydrogens (tertiary/aromatic N) is 2. The zero-order valence-corrected chi connectivity index (χ0v) is 11.8. The molecule has 0 saturated carbocycles. The van der Waals surface area contributed by atoms with E-state index < -0.39 is 5.92 Å². The van der Waals surface area contributed by atoms with Crippen molar-refractivity contribution in [1.82, 2.24) is 4.90 Å². The van der Waals surface area contributed by atoms with Crippen molar-refractivity contribution in [2.24, 2.45) is 5.92 Å². The quantitative estimate of drug-likeness (QED) is 0.827. The van der Waals surface area contributed by atoms with Gasteiger partial charge in [-0.2, -0.15) is 5.26 Å². The lowest BCUT2D eigenvalue weighted by atomic mass is 10.1. The second-order valence-corrected chi connectivity index (χ2v) is 5.12. The molecular weight excluding hydrogens is 252 g/mol. The number of ether oxygens (including phenoxy) is 1. The Bertz CT molecular complexity index is 501. The average molecular weight is 272 g/mol. The van der Waals surface area contributed by atoms with Crippen molar-refractivity contribution < 1.29 is 9.53 Å². The van der Waals surface area contributed by atoms with Gasteiger partial charge in [0.05, 0.1) is 12.7 Å². The average Bonchev–Trinajstić information content (AvgIpc) is 2.99. The first-order chi connectivity index (χ1) is 9.72. The Morgan fingerprint density at radius 3 is 2.75 bits per heavy atom. The lowest BCUT2D eigenvalue weighted by Gasteiger charge is -2.19. The summed E-state index contributed by atoms with van der Waals surface area (Å²) in [5, 5.41) is 9.16. The van der Waals surface area contributed by atoms with Crippen LogP contribution in [0, 0.1) is 24.2 Å². The number of rotatable bonds is 5. The summed E-state index contributed by atoms with van der Waals surface area (Å²) in [5.41, 5.74) is 1.06. The highest BCUT2D eigenvalue weighted by Gasteiger charge is 2.26. The second-order valence-electron chi connectivity index (χ2n) is 5.12. The van der Waals surface area contributed by atoms with Crippen molar-refractivity contribution in [3.8, 4) is 11.8 Å². The Labute approximate surface area is 120 Å². The van der Waals surface area contributed by atoms with Crippen LogP contribution < -0.4 is 4.74 Å². The van der Waals surface area contributed by atoms with E-state index in [1.165, 1.54) is 0 Å². The molecule has 1 unspecified atom stereocenters. The summed E-state index contributed by atoms with van der Waals surface area (Å²) < 4.78 is 5.66. The van der Waals surface area contributed by atoms with Gasteiger partial charge in [-0.25, -0.2) is 0 Å². The van der Waals surface area contributed by atoms with Crippen molar-refractivity contribution in [1.29, 1.82) is 5.26 Å². The van der Waals surface area contributed by atoms with Crippen LogP contribution in [0.1, 0.15) is 24.8 Å². The predicted molar refractivity (Wildman–Crippen MR) is 76.2 cm³/mol. The predicted octanol–water partition coefficient (Wildman–Crippen LogP) is 2.53. The molecule has 1 aromatic rings. The summed E-state index contributed by atoms with van der Waals surface area (Å²) in [6.45, 7) is 3.94. The summed E-state index contributed by atoms with van der Waals surface area (Å²) >= 11 is 0. The maximum atomic E-state index is 12.1. The summed E-state index contributed by atoms with van der Waals surface area (Å²) in [6.07, 6.45) is 2.54. The fraction of sp³-hybridized carbons (Fsp3) is 0.500. The first kappa shape index (κ1) is 14.4. The highest BCUT2D eigenvalue weighted by Crippen LogP contribution is 2.18. The first-order valence-corrected chi connectivity index (χ1v) is 7.09. The summed E-state index contributed by atoms with van der Waals surface area (Å²) in [7, 11) is 0. The lowest BCUT2D eigenvalue weighted by molar-refractivity contribution is -0.133. The number of likely N-dealkylation sites (tertiary alicyclic amines) is 1. The topological polar surface area (TPSA) is 53.3 Å². The third kappa shape index (κ3) is 3.51. The van der Waals surface area contributed by atoms with E-state index >= 15 is 0 Å². The zero-order chi connectivity index (χ0) is 14.4. The molecule has 1 atom stereocenters. The number of benzene rings is 1. The monoisotopic (exact) mass is 272 g/mol. The standard InChI is InChI=1S/C16H20N2O2/c1-13-6-2-3-7-15(13)20-11-8-14(12-17)16(19)18-9-4-5-10-18/h2-3,6-7,14H,4-5,8-11H2,1H3. The van der Waals surface area contributed by atoms with E-state index in [0.717, 1.165) is 37.2 Å². The largest absolute Gasteiger partial charge is 0.493 e. The molecule has 1 saturated heterocycles. The Hall–Kier alpha value is -2.02. The number of carbonyl (C=O) groups excluding carboxylic acids is 1. The molecule has 1 fully saturated rings. The molecule has 0 spiro atoms. The van der Waals surface area contributed by atoms with E-state index in [4.69, 9.17) is 10.00 Å². The molecular formula is C16H20N2O2. The van der Waals surface area contributed by atoms with E-state index in [9.17, 15) is 4.79 Å². The molecule has 4 nitrogen and oxygen atoms in total. The van der Waals surface area contributed by atoms with E-state index in [1.54, 1.807) is 4.90 Å². The van der Waals surface area contributed by atoms with Crippen molar-refractivity contribution >= 4 is 5.91 Å². The van der Waals surface area contributed by atoms with Crippen LogP contribution >= 0.6 is 0 Å². The summed E-state index contributed by atoms with van der Waals surface area (Å²) in [4.78, 5) is 13.9. The van der Waals surface area contributed by atoms with Gasteiger partial charge in [-0.1, -0.05) is 18.2 Å². The smallest absolute Gasteiger partial charge is 0.240 e. The third-order valence-electron chi connectivity index (χ3n) is 3.63. The minimum absolute atomic E-state index is 0.0432. The molecule has 1 aliphatic heterocycles. The molecule has 0 aromatic heterocycles. The van der Waals surface area contributed by atoms with Crippen LogP contribution in [0.4, 0.5) is 0 Å². The van der Waals surface area contributed by atoms with E-state index in [2.05, 4.69) is 6.07 Å². The van der Waals surface area contributed by atoms with Crippen molar-refractivity contribution in [3.05, 3.63) is 29.8 Å². The summed E-state index contributed by atoms with van der Waals surface area (Å²) in [6, 6.07) is 9.86. The van der Waals surface area contributed by atoms with Gasteiger partial charge in [-0.05, 0) is 31.4 Å². The molecule has 0 aliphatic carbocycles. The molecule has 0 bridgehead atoms. The zero-order valence-electron chi connectivity index (χ0n) is 11.8. The van der Waals surface area contributed by atoms with Crippen molar-refractivity contribution in [2.45, 2.75) is 26.2 Å². The minimum Gasteiger partial charge on any atom is -0.493 e. The number of hydrogen-bond acceptors (Lipinski definition) is 3. The first-order valence-electron chi connectivity index (χ1n) is 7.09. The van der Waals surface area contributed by atoms with E-state index in [-0.39, 0.29) is 5.91 Å². The molecule has 2 rings (SSSR count). The fourth-order valence-corrected chi connectivity index (χ4v) is 2.41. The normalized spacial score (nSPS) is 15.7. The summed E-state index contributed by atoms with van der Waals surface area (Å²) in [5.74, 6) is 0.188. The van der Waals surface area contributed by atoms with Gasteiger partial charge < -0.3 is 9.64 Å². The third-order valence-corrected chi connectivity index (χ3v) is 3.63. The second kappa shape index (κ2) is 6.95. The number of aryl methyl sites for hydroxylation is 1. The Morgan fingerprint density at radius 2 is 2.10 bits per heavy atom. The van der Waals surface area contributed by atoms with Crippen molar-refractivity contribution in [3.63, 3.8) is 0 Å². The lowest BCUT2D eigenvalue weighted by Crippen LogP contribution is -2.33. The molecule has 1 aromatic carbocycles. The van der Waals surface area contributed by atoms with Crippen molar-refractivity contribution in [2.75, 3.05) is 19.7 Å². The highest BCUT2D eigenvalue weighted by atomic mass is 16.5. The van der Waals surface area contributed by atoms with Crippen LogP contribution in [0.5, 0.6) is 5.75 Å².